The molecule has 0 saturated carbocycles. The summed E-state index contributed by atoms with van der Waals surface area (Å²) in [6, 6.07) is 4.65. The average Bonchev–Trinajstić information content (AvgIpc) is 2.35. The van der Waals surface area contributed by atoms with Crippen molar-refractivity contribution < 1.29 is 9.59 Å². The maximum atomic E-state index is 11.4. The summed E-state index contributed by atoms with van der Waals surface area (Å²) in [5.74, 6) is -0.658. The lowest BCUT2D eigenvalue weighted by Crippen LogP contribution is -2.30. The van der Waals surface area contributed by atoms with Gasteiger partial charge in [0.15, 0.2) is 0 Å². The smallest absolute Gasteiger partial charge is 0.248 e. The van der Waals surface area contributed by atoms with Crippen LogP contribution in [-0.2, 0) is 4.79 Å². The van der Waals surface area contributed by atoms with Gasteiger partial charge in [0, 0.05) is 12.1 Å². The van der Waals surface area contributed by atoms with Gasteiger partial charge in [0.2, 0.25) is 11.8 Å². The number of hydrogen-bond acceptors (Lipinski definition) is 4. The van der Waals surface area contributed by atoms with Gasteiger partial charge < -0.3 is 22.1 Å². The van der Waals surface area contributed by atoms with Crippen LogP contribution in [0.15, 0.2) is 18.2 Å². The Balaban J connectivity index is 2.63. The van der Waals surface area contributed by atoms with Crippen molar-refractivity contribution in [2.24, 2.45) is 5.73 Å². The normalized spacial score (nSPS) is 9.83. The average molecular weight is 250 g/mol. The summed E-state index contributed by atoms with van der Waals surface area (Å²) in [6.07, 6.45) is 0.880. The number of nitrogen functional groups attached to an aromatic ring is 1. The first-order valence-electron chi connectivity index (χ1n) is 5.74. The highest BCUT2D eigenvalue weighted by Crippen LogP contribution is 2.19. The minimum Gasteiger partial charge on any atom is -0.397 e. The zero-order valence-electron chi connectivity index (χ0n) is 10.3. The van der Waals surface area contributed by atoms with Crippen LogP contribution in [-0.4, -0.2) is 24.9 Å². The third-order valence-corrected chi connectivity index (χ3v) is 2.35. The quantitative estimate of drug-likeness (QED) is 0.544. The molecule has 0 unspecified atom stereocenters. The third-order valence-electron chi connectivity index (χ3n) is 2.35. The van der Waals surface area contributed by atoms with Crippen molar-refractivity contribution in [1.29, 1.82) is 0 Å². The molecule has 1 rings (SSSR count). The standard InChI is InChI=1S/C12H18N4O2/c1-2-5-15-11(17)7-16-10-6-8(12(14)18)3-4-9(10)13/h3-4,6,16H,2,5,7,13H2,1H3,(H2,14,18)(H,15,17). The fourth-order valence-electron chi connectivity index (χ4n) is 1.37. The molecule has 0 atom stereocenters. The topological polar surface area (TPSA) is 110 Å². The number of carbonyl (C=O) groups is 2. The van der Waals surface area contributed by atoms with Gasteiger partial charge in [0.25, 0.3) is 0 Å². The van der Waals surface area contributed by atoms with Crippen LogP contribution in [0.2, 0.25) is 0 Å². The molecule has 1 aromatic carbocycles. The number of primary amides is 1. The SMILES string of the molecule is CCCNC(=O)CNc1cc(C(N)=O)ccc1N. The molecule has 0 bridgehead atoms. The number of carbonyl (C=O) groups excluding carboxylic acids is 2. The van der Waals surface area contributed by atoms with E-state index in [4.69, 9.17) is 11.5 Å². The van der Waals surface area contributed by atoms with Crippen LogP contribution < -0.4 is 22.1 Å². The minimum atomic E-state index is -0.534. The molecule has 0 saturated heterocycles. The van der Waals surface area contributed by atoms with Gasteiger partial charge in [-0.3, -0.25) is 9.59 Å². The second-order valence-corrected chi connectivity index (χ2v) is 3.87. The van der Waals surface area contributed by atoms with E-state index in [9.17, 15) is 9.59 Å². The van der Waals surface area contributed by atoms with E-state index in [1.165, 1.54) is 6.07 Å². The van der Waals surface area contributed by atoms with Gasteiger partial charge in [-0.2, -0.15) is 0 Å². The Morgan fingerprint density at radius 2 is 2.06 bits per heavy atom. The van der Waals surface area contributed by atoms with E-state index in [1.54, 1.807) is 12.1 Å². The molecule has 1 aromatic rings. The number of nitrogens with two attached hydrogens (primary N) is 2. The first-order chi connectivity index (χ1) is 8.54. The van der Waals surface area contributed by atoms with Crippen molar-refractivity contribution in [1.82, 2.24) is 5.32 Å². The number of amides is 2. The zero-order chi connectivity index (χ0) is 13.5. The Morgan fingerprint density at radius 1 is 1.33 bits per heavy atom. The molecule has 0 radical (unpaired) electrons. The van der Waals surface area contributed by atoms with Crippen molar-refractivity contribution in [2.75, 3.05) is 24.1 Å². The summed E-state index contributed by atoms with van der Waals surface area (Å²) < 4.78 is 0. The van der Waals surface area contributed by atoms with E-state index in [2.05, 4.69) is 10.6 Å². The van der Waals surface area contributed by atoms with Gasteiger partial charge in [-0.25, -0.2) is 0 Å². The Kier molecular flexibility index (Phi) is 4.98. The Labute approximate surface area is 106 Å². The number of rotatable bonds is 6. The second kappa shape index (κ2) is 6.48. The molecule has 0 fully saturated rings. The van der Waals surface area contributed by atoms with Crippen molar-refractivity contribution in [3.05, 3.63) is 23.8 Å². The molecule has 6 nitrogen and oxygen atoms in total. The van der Waals surface area contributed by atoms with Gasteiger partial charge in [-0.15, -0.1) is 0 Å². The number of benzene rings is 1. The first-order valence-corrected chi connectivity index (χ1v) is 5.74. The molecule has 6 heteroatoms. The third kappa shape index (κ3) is 3.97. The number of anilines is 2. The van der Waals surface area contributed by atoms with Gasteiger partial charge in [0.05, 0.1) is 17.9 Å². The molecule has 18 heavy (non-hydrogen) atoms. The largest absolute Gasteiger partial charge is 0.397 e. The Hall–Kier alpha value is -2.24. The van der Waals surface area contributed by atoms with E-state index in [-0.39, 0.29) is 12.5 Å². The fourth-order valence-corrected chi connectivity index (χ4v) is 1.37. The minimum absolute atomic E-state index is 0.104. The van der Waals surface area contributed by atoms with Crippen LogP contribution in [0.4, 0.5) is 11.4 Å². The van der Waals surface area contributed by atoms with E-state index < -0.39 is 5.91 Å². The van der Waals surface area contributed by atoms with Crippen LogP contribution in [0.3, 0.4) is 0 Å². The molecule has 0 heterocycles. The number of hydrogen-bond donors (Lipinski definition) is 4. The van der Waals surface area contributed by atoms with Crippen LogP contribution >= 0.6 is 0 Å². The summed E-state index contributed by atoms with van der Waals surface area (Å²) in [5, 5.41) is 5.60. The molecule has 0 spiro atoms. The Bertz CT molecular complexity index is 446. The van der Waals surface area contributed by atoms with Gasteiger partial charge >= 0.3 is 0 Å². The van der Waals surface area contributed by atoms with Crippen LogP contribution in [0.1, 0.15) is 23.7 Å². The van der Waals surface area contributed by atoms with Crippen molar-refractivity contribution in [3.63, 3.8) is 0 Å². The molecular formula is C12H18N4O2. The molecule has 0 aliphatic heterocycles. The van der Waals surface area contributed by atoms with Crippen LogP contribution in [0, 0.1) is 0 Å². The lowest BCUT2D eigenvalue weighted by molar-refractivity contribution is -0.119. The molecular weight excluding hydrogens is 232 g/mol. The second-order valence-electron chi connectivity index (χ2n) is 3.87. The van der Waals surface area contributed by atoms with Gasteiger partial charge in [-0.05, 0) is 24.6 Å². The highest BCUT2D eigenvalue weighted by Gasteiger charge is 2.06. The van der Waals surface area contributed by atoms with E-state index in [0.717, 1.165) is 6.42 Å². The van der Waals surface area contributed by atoms with E-state index >= 15 is 0 Å². The maximum absolute atomic E-state index is 11.4. The van der Waals surface area contributed by atoms with Gasteiger partial charge in [0.1, 0.15) is 0 Å². The first kappa shape index (κ1) is 13.8. The van der Waals surface area contributed by atoms with Crippen molar-refractivity contribution >= 4 is 23.2 Å². The molecule has 0 aliphatic carbocycles. The molecule has 0 aliphatic rings. The lowest BCUT2D eigenvalue weighted by atomic mass is 10.1. The highest BCUT2D eigenvalue weighted by atomic mass is 16.2. The monoisotopic (exact) mass is 250 g/mol. The molecule has 0 aromatic heterocycles. The van der Waals surface area contributed by atoms with Crippen LogP contribution in [0.25, 0.3) is 0 Å². The number of nitrogens with one attached hydrogen (secondary N) is 2. The fraction of sp³-hybridized carbons (Fsp3) is 0.333. The van der Waals surface area contributed by atoms with E-state index in [1.807, 2.05) is 6.92 Å². The molecule has 6 N–H and O–H groups in total. The predicted octanol–water partition coefficient (Wildman–Crippen LogP) is 0.306. The highest BCUT2D eigenvalue weighted by molar-refractivity contribution is 5.95. The predicted molar refractivity (Wildman–Crippen MR) is 71.2 cm³/mol. The summed E-state index contributed by atoms with van der Waals surface area (Å²) in [6.45, 7) is 2.71. The summed E-state index contributed by atoms with van der Waals surface area (Å²) in [7, 11) is 0. The zero-order valence-corrected chi connectivity index (χ0v) is 10.3. The summed E-state index contributed by atoms with van der Waals surface area (Å²) in [5.41, 5.74) is 12.2. The van der Waals surface area contributed by atoms with Crippen molar-refractivity contribution in [2.45, 2.75) is 13.3 Å². The van der Waals surface area contributed by atoms with Crippen molar-refractivity contribution in [3.8, 4) is 0 Å². The van der Waals surface area contributed by atoms with E-state index in [0.29, 0.717) is 23.5 Å². The van der Waals surface area contributed by atoms with Gasteiger partial charge in [-0.1, -0.05) is 6.92 Å². The Morgan fingerprint density at radius 3 is 2.67 bits per heavy atom. The summed E-state index contributed by atoms with van der Waals surface area (Å²) in [4.78, 5) is 22.4. The molecule has 2 amide bonds. The maximum Gasteiger partial charge on any atom is 0.248 e. The van der Waals surface area contributed by atoms with Crippen LogP contribution in [0.5, 0.6) is 0 Å². The molecule has 98 valence electrons. The lowest BCUT2D eigenvalue weighted by Gasteiger charge is -2.10. The summed E-state index contributed by atoms with van der Waals surface area (Å²) >= 11 is 0.